The Labute approximate surface area is 49.1 Å². The highest BCUT2D eigenvalue weighted by molar-refractivity contribution is 4.62. The zero-order valence-corrected chi connectivity index (χ0v) is 5.26. The monoisotopic (exact) mass is 117 g/mol. The van der Waals surface area contributed by atoms with E-state index in [1.807, 2.05) is 7.05 Å². The maximum atomic E-state index is 5.06. The van der Waals surface area contributed by atoms with Crippen LogP contribution in [0.4, 0.5) is 0 Å². The van der Waals surface area contributed by atoms with Gasteiger partial charge < -0.3 is 4.74 Å². The van der Waals surface area contributed by atoms with Crippen LogP contribution in [-0.2, 0) is 9.57 Å². The summed E-state index contributed by atoms with van der Waals surface area (Å²) < 4.78 is 5.01. The van der Waals surface area contributed by atoms with E-state index in [9.17, 15) is 0 Å². The lowest BCUT2D eigenvalue weighted by Gasteiger charge is -2.03. The summed E-state index contributed by atoms with van der Waals surface area (Å²) in [5.74, 6) is 0. The van der Waals surface area contributed by atoms with Crippen molar-refractivity contribution in [1.29, 1.82) is 0 Å². The fourth-order valence-electron chi connectivity index (χ4n) is 0.745. The van der Waals surface area contributed by atoms with Crippen molar-refractivity contribution in [3.8, 4) is 0 Å². The van der Waals surface area contributed by atoms with E-state index in [4.69, 9.17) is 9.57 Å². The van der Waals surface area contributed by atoms with E-state index in [2.05, 4.69) is 0 Å². The minimum absolute atomic E-state index is 0.278. The van der Waals surface area contributed by atoms with Gasteiger partial charge in [-0.2, -0.15) is 5.06 Å². The van der Waals surface area contributed by atoms with Gasteiger partial charge in [-0.1, -0.05) is 0 Å². The van der Waals surface area contributed by atoms with Crippen LogP contribution in [0.3, 0.4) is 0 Å². The van der Waals surface area contributed by atoms with Crippen molar-refractivity contribution in [2.45, 2.75) is 6.10 Å². The van der Waals surface area contributed by atoms with Crippen LogP contribution < -0.4 is 0 Å². The fourth-order valence-corrected chi connectivity index (χ4v) is 0.745. The number of nitrogens with zero attached hydrogens (tertiary/aromatic N) is 1. The van der Waals surface area contributed by atoms with Gasteiger partial charge in [0.25, 0.3) is 0 Å². The highest BCUT2D eigenvalue weighted by atomic mass is 16.7. The van der Waals surface area contributed by atoms with Crippen LogP contribution in [0, 0.1) is 0 Å². The molecule has 0 N–H and O–H groups in total. The second-order valence-corrected chi connectivity index (χ2v) is 1.96. The van der Waals surface area contributed by atoms with Crippen LogP contribution >= 0.6 is 0 Å². The van der Waals surface area contributed by atoms with E-state index >= 15 is 0 Å². The van der Waals surface area contributed by atoms with Gasteiger partial charge in [0.2, 0.25) is 0 Å². The molecule has 0 aromatic heterocycles. The molecule has 8 heavy (non-hydrogen) atoms. The standard InChI is InChI=1S/C5H11NO2/c1-6-3-5(7-2)4-8-6/h5H,3-4H2,1-2H3. The highest BCUT2D eigenvalue weighted by Crippen LogP contribution is 2.03. The summed E-state index contributed by atoms with van der Waals surface area (Å²) in [7, 11) is 3.60. The molecule has 3 heteroatoms. The molecule has 0 spiro atoms. The van der Waals surface area contributed by atoms with Crippen LogP contribution in [0.5, 0.6) is 0 Å². The average Bonchev–Trinajstić information content (AvgIpc) is 2.14. The van der Waals surface area contributed by atoms with E-state index in [0.717, 1.165) is 6.54 Å². The van der Waals surface area contributed by atoms with E-state index in [-0.39, 0.29) is 6.10 Å². The Hall–Kier alpha value is -0.120. The van der Waals surface area contributed by atoms with E-state index < -0.39 is 0 Å². The topological polar surface area (TPSA) is 21.7 Å². The largest absolute Gasteiger partial charge is 0.378 e. The lowest BCUT2D eigenvalue weighted by atomic mass is 10.4. The first-order valence-electron chi connectivity index (χ1n) is 2.70. The molecule has 3 nitrogen and oxygen atoms in total. The number of methoxy groups -OCH3 is 1. The molecule has 1 rings (SSSR count). The Morgan fingerprint density at radius 3 is 2.75 bits per heavy atom. The van der Waals surface area contributed by atoms with Gasteiger partial charge in [0.05, 0.1) is 19.3 Å². The molecular weight excluding hydrogens is 106 g/mol. The maximum absolute atomic E-state index is 5.06. The van der Waals surface area contributed by atoms with Crippen LogP contribution in [0.25, 0.3) is 0 Å². The molecule has 0 saturated carbocycles. The Balaban J connectivity index is 2.22. The second-order valence-electron chi connectivity index (χ2n) is 1.96. The van der Waals surface area contributed by atoms with Gasteiger partial charge in [0, 0.05) is 14.2 Å². The van der Waals surface area contributed by atoms with Crippen LogP contribution in [0.2, 0.25) is 0 Å². The van der Waals surface area contributed by atoms with Crippen LogP contribution in [-0.4, -0.2) is 38.5 Å². The number of ether oxygens (including phenoxy) is 1. The summed E-state index contributed by atoms with van der Waals surface area (Å²) >= 11 is 0. The third-order valence-electron chi connectivity index (χ3n) is 1.27. The van der Waals surface area contributed by atoms with Crippen molar-refractivity contribution < 1.29 is 9.57 Å². The first-order valence-corrected chi connectivity index (χ1v) is 2.70. The van der Waals surface area contributed by atoms with Gasteiger partial charge in [-0.25, -0.2) is 0 Å². The summed E-state index contributed by atoms with van der Waals surface area (Å²) in [6.45, 7) is 1.59. The van der Waals surface area contributed by atoms with E-state index in [1.54, 1.807) is 12.2 Å². The van der Waals surface area contributed by atoms with E-state index in [0.29, 0.717) is 6.61 Å². The lowest BCUT2D eigenvalue weighted by Crippen LogP contribution is -2.17. The molecule has 1 saturated heterocycles. The molecule has 1 heterocycles. The predicted molar refractivity (Wildman–Crippen MR) is 29.4 cm³/mol. The van der Waals surface area contributed by atoms with Crippen molar-refractivity contribution in [2.75, 3.05) is 27.3 Å². The lowest BCUT2D eigenvalue weighted by molar-refractivity contribution is -0.0882. The summed E-state index contributed by atoms with van der Waals surface area (Å²) in [4.78, 5) is 5.06. The van der Waals surface area contributed by atoms with Gasteiger partial charge >= 0.3 is 0 Å². The number of rotatable bonds is 1. The van der Waals surface area contributed by atoms with Crippen molar-refractivity contribution in [2.24, 2.45) is 0 Å². The molecule has 48 valence electrons. The number of hydroxylamine groups is 2. The molecule has 1 fully saturated rings. The van der Waals surface area contributed by atoms with Gasteiger partial charge in [-0.05, 0) is 0 Å². The third kappa shape index (κ3) is 1.18. The molecule has 0 radical (unpaired) electrons. The normalized spacial score (nSPS) is 31.5. The minimum Gasteiger partial charge on any atom is -0.378 e. The fraction of sp³-hybridized carbons (Fsp3) is 1.00. The minimum atomic E-state index is 0.278. The van der Waals surface area contributed by atoms with Crippen LogP contribution in [0.15, 0.2) is 0 Å². The molecule has 1 aliphatic rings. The molecule has 0 aliphatic carbocycles. The van der Waals surface area contributed by atoms with Crippen molar-refractivity contribution in [3.05, 3.63) is 0 Å². The van der Waals surface area contributed by atoms with Crippen molar-refractivity contribution in [3.63, 3.8) is 0 Å². The Morgan fingerprint density at radius 1 is 1.75 bits per heavy atom. The van der Waals surface area contributed by atoms with E-state index in [1.165, 1.54) is 0 Å². The summed E-state index contributed by atoms with van der Waals surface area (Å²) in [5.41, 5.74) is 0. The first-order chi connectivity index (χ1) is 3.83. The molecule has 1 atom stereocenters. The summed E-state index contributed by atoms with van der Waals surface area (Å²) in [5, 5.41) is 1.79. The molecular formula is C5H11NO2. The molecule has 0 bridgehead atoms. The zero-order valence-electron chi connectivity index (χ0n) is 5.26. The van der Waals surface area contributed by atoms with Gasteiger partial charge in [-0.15, -0.1) is 0 Å². The molecule has 0 amide bonds. The number of likely N-dealkylation sites (N-methyl/N-ethyl adjacent to an activating group) is 1. The average molecular weight is 117 g/mol. The highest BCUT2D eigenvalue weighted by Gasteiger charge is 2.18. The molecule has 0 aromatic rings. The van der Waals surface area contributed by atoms with Crippen molar-refractivity contribution in [1.82, 2.24) is 5.06 Å². The second kappa shape index (κ2) is 2.44. The summed E-state index contributed by atoms with van der Waals surface area (Å²) in [6, 6.07) is 0. The quantitative estimate of drug-likeness (QED) is 0.478. The Kier molecular flexibility index (Phi) is 1.83. The van der Waals surface area contributed by atoms with Crippen LogP contribution in [0.1, 0.15) is 0 Å². The Morgan fingerprint density at radius 2 is 2.50 bits per heavy atom. The SMILES string of the molecule is COC1CON(C)C1. The summed E-state index contributed by atoms with van der Waals surface area (Å²) in [6.07, 6.45) is 0.278. The van der Waals surface area contributed by atoms with Gasteiger partial charge in [-0.3, -0.25) is 4.84 Å². The maximum Gasteiger partial charge on any atom is 0.0974 e. The van der Waals surface area contributed by atoms with Gasteiger partial charge in [0.1, 0.15) is 0 Å². The number of hydrogen-bond acceptors (Lipinski definition) is 3. The smallest absolute Gasteiger partial charge is 0.0974 e. The van der Waals surface area contributed by atoms with Crippen molar-refractivity contribution >= 4 is 0 Å². The Bertz CT molecular complexity index is 76.8. The molecule has 1 unspecified atom stereocenters. The first kappa shape index (κ1) is 6.01. The molecule has 1 aliphatic heterocycles. The molecule has 0 aromatic carbocycles. The number of hydrogen-bond donors (Lipinski definition) is 0. The van der Waals surface area contributed by atoms with Gasteiger partial charge in [0.15, 0.2) is 0 Å². The predicted octanol–water partition coefficient (Wildman–Crippen LogP) is -0.122. The third-order valence-corrected chi connectivity index (χ3v) is 1.27. The zero-order chi connectivity index (χ0) is 5.98.